The summed E-state index contributed by atoms with van der Waals surface area (Å²) in [4.78, 5) is 12.6. The number of nitrogens with one attached hydrogen (secondary N) is 1. The molecule has 0 aliphatic carbocycles. The van der Waals surface area contributed by atoms with Crippen LogP contribution in [0.4, 0.5) is 0 Å². The molecule has 496 valence electrons. The zero-order chi connectivity index (χ0) is 60.5. The fourth-order valence-corrected chi connectivity index (χ4v) is 12.4. The van der Waals surface area contributed by atoms with E-state index in [0.29, 0.717) is 6.42 Å². The number of amides is 1. The summed E-state index contributed by atoms with van der Waals surface area (Å²) in [6, 6.07) is -0.623. The third-order valence-corrected chi connectivity index (χ3v) is 18.3. The van der Waals surface area contributed by atoms with E-state index in [1.165, 1.54) is 379 Å². The largest absolute Gasteiger partial charge is 0.394 e. The molecule has 1 amide bonds. The van der Waals surface area contributed by atoms with E-state index in [4.69, 9.17) is 0 Å². The second-order valence-electron chi connectivity index (χ2n) is 26.8. The summed E-state index contributed by atoms with van der Waals surface area (Å²) in [6.07, 6.45) is 107. The third-order valence-electron chi connectivity index (χ3n) is 18.3. The second kappa shape index (κ2) is 75.6. The zero-order valence-corrected chi connectivity index (χ0v) is 57.5. The Labute approximate surface area is 528 Å². The normalized spacial score (nSPS) is 12.9. The van der Waals surface area contributed by atoms with E-state index < -0.39 is 12.1 Å². The van der Waals surface area contributed by atoms with Gasteiger partial charge in [-0.25, -0.2) is 0 Å². The quantitative estimate of drug-likeness (QED) is 0.0420. The van der Waals surface area contributed by atoms with E-state index in [2.05, 4.69) is 55.6 Å². The summed E-state index contributed by atoms with van der Waals surface area (Å²) in [5.74, 6) is -0.0547. The summed E-state index contributed by atoms with van der Waals surface area (Å²) in [5, 5.41) is 23.4. The highest BCUT2D eigenvalue weighted by Gasteiger charge is 2.18. The zero-order valence-electron chi connectivity index (χ0n) is 57.5. The molecule has 4 nitrogen and oxygen atoms in total. The summed E-state index contributed by atoms with van der Waals surface area (Å²) in [5.41, 5.74) is 0. The van der Waals surface area contributed by atoms with Crippen LogP contribution < -0.4 is 5.32 Å². The maximum Gasteiger partial charge on any atom is 0.220 e. The van der Waals surface area contributed by atoms with E-state index in [-0.39, 0.29) is 12.5 Å². The number of carbonyl (C=O) groups excluding carboxylic acids is 1. The fourth-order valence-electron chi connectivity index (χ4n) is 12.4. The Kier molecular flexibility index (Phi) is 74.1. The van der Waals surface area contributed by atoms with Crippen molar-refractivity contribution in [1.82, 2.24) is 5.32 Å². The Hall–Kier alpha value is -1.65. The molecule has 0 saturated heterocycles. The van der Waals surface area contributed by atoms with Crippen molar-refractivity contribution in [2.24, 2.45) is 0 Å². The topological polar surface area (TPSA) is 69.6 Å². The van der Waals surface area contributed by atoms with Crippen molar-refractivity contribution >= 4 is 5.91 Å². The van der Waals surface area contributed by atoms with Crippen molar-refractivity contribution < 1.29 is 15.0 Å². The number of allylic oxidation sites excluding steroid dienone is 7. The van der Waals surface area contributed by atoms with Crippen molar-refractivity contribution in [3.63, 3.8) is 0 Å². The predicted molar refractivity (Wildman–Crippen MR) is 378 cm³/mol. The Bertz CT molecular complexity index is 1340. The summed E-state index contributed by atoms with van der Waals surface area (Å²) in [6.45, 7) is 4.35. The van der Waals surface area contributed by atoms with Gasteiger partial charge in [0.05, 0.1) is 18.8 Å². The molecule has 4 heteroatoms. The van der Waals surface area contributed by atoms with Gasteiger partial charge in [-0.05, 0) is 57.8 Å². The van der Waals surface area contributed by atoms with Crippen LogP contribution in [0.5, 0.6) is 0 Å². The minimum Gasteiger partial charge on any atom is -0.394 e. The van der Waals surface area contributed by atoms with Gasteiger partial charge in [0.1, 0.15) is 0 Å². The van der Waals surface area contributed by atoms with Crippen LogP contribution in [0.3, 0.4) is 0 Å². The standard InChI is InChI=1S/C80H153NO3/c1-3-5-7-9-11-13-15-17-19-21-23-25-27-29-31-33-35-37-38-39-40-41-42-44-46-48-50-52-54-56-58-60-62-64-66-68-70-72-74-76-80(84)81-78(77-82)79(83)75-73-71-69-67-65-63-61-59-57-55-53-51-49-47-45-43-36-34-32-30-28-26-24-22-20-18-16-14-12-10-8-6-4-2/h15,17,21,23,27,29,73,75,78-79,82-83H,3-14,16,18-20,22,24-26,28,30-72,74,76-77H2,1-2H3,(H,81,84)/b17-15-,23-21-,29-27-,75-73+. The number of aliphatic hydroxyl groups excluding tert-OH is 2. The molecule has 0 radical (unpaired) electrons. The molecular formula is C80H153NO3. The highest BCUT2D eigenvalue weighted by atomic mass is 16.3. The Morgan fingerprint density at radius 2 is 0.488 bits per heavy atom. The maximum absolute atomic E-state index is 12.6. The molecule has 0 aromatic carbocycles. The van der Waals surface area contributed by atoms with Crippen molar-refractivity contribution in [3.05, 3.63) is 48.6 Å². The Morgan fingerprint density at radius 1 is 0.286 bits per heavy atom. The minimum atomic E-state index is -0.841. The third kappa shape index (κ3) is 71.1. The van der Waals surface area contributed by atoms with E-state index in [0.717, 1.165) is 38.5 Å². The van der Waals surface area contributed by atoms with Crippen LogP contribution in [0.1, 0.15) is 438 Å². The number of carbonyl (C=O) groups is 1. The summed E-state index contributed by atoms with van der Waals surface area (Å²) >= 11 is 0. The number of hydrogen-bond acceptors (Lipinski definition) is 3. The highest BCUT2D eigenvalue weighted by molar-refractivity contribution is 5.76. The van der Waals surface area contributed by atoms with E-state index in [1.54, 1.807) is 6.08 Å². The molecule has 0 spiro atoms. The van der Waals surface area contributed by atoms with Crippen molar-refractivity contribution in [2.45, 2.75) is 450 Å². The van der Waals surface area contributed by atoms with Crippen LogP contribution in [0, 0.1) is 0 Å². The smallest absolute Gasteiger partial charge is 0.220 e. The summed E-state index contributed by atoms with van der Waals surface area (Å²) < 4.78 is 0. The fraction of sp³-hybridized carbons (Fsp3) is 0.887. The highest BCUT2D eigenvalue weighted by Crippen LogP contribution is 2.20. The molecule has 0 rings (SSSR count). The van der Waals surface area contributed by atoms with Gasteiger partial charge in [0, 0.05) is 6.42 Å². The first-order valence-corrected chi connectivity index (χ1v) is 38.9. The van der Waals surface area contributed by atoms with Crippen LogP contribution in [0.25, 0.3) is 0 Å². The van der Waals surface area contributed by atoms with Gasteiger partial charge in [-0.3, -0.25) is 4.79 Å². The molecule has 0 aliphatic heterocycles. The molecule has 84 heavy (non-hydrogen) atoms. The Balaban J connectivity index is 3.40. The second-order valence-corrected chi connectivity index (χ2v) is 26.8. The molecule has 0 bridgehead atoms. The average molecular weight is 1180 g/mol. The SMILES string of the molecule is CCCCCCC/C=C\C/C=C\C/C=C\CCCCCCCCCCCCCCCCCCCCCCCCCCC(=O)NC(CO)C(O)/C=C/CCCCCCCCCCCCCCCCCCCCCCCCCCCCCCCCC. The van der Waals surface area contributed by atoms with Gasteiger partial charge in [0.2, 0.25) is 5.91 Å². The number of aliphatic hydroxyl groups is 2. The van der Waals surface area contributed by atoms with Crippen LogP contribution in [-0.4, -0.2) is 34.9 Å². The predicted octanol–water partition coefficient (Wildman–Crippen LogP) is 26.8. The van der Waals surface area contributed by atoms with Gasteiger partial charge in [-0.2, -0.15) is 0 Å². The average Bonchev–Trinajstić information content (AvgIpc) is 3.51. The Morgan fingerprint density at radius 3 is 0.726 bits per heavy atom. The molecule has 2 atom stereocenters. The lowest BCUT2D eigenvalue weighted by molar-refractivity contribution is -0.123. The summed E-state index contributed by atoms with van der Waals surface area (Å²) in [7, 11) is 0. The molecule has 0 aliphatic rings. The molecule has 0 heterocycles. The van der Waals surface area contributed by atoms with Crippen molar-refractivity contribution in [2.75, 3.05) is 6.61 Å². The van der Waals surface area contributed by atoms with E-state index >= 15 is 0 Å². The lowest BCUT2D eigenvalue weighted by Gasteiger charge is -2.20. The molecule has 2 unspecified atom stereocenters. The van der Waals surface area contributed by atoms with Gasteiger partial charge < -0.3 is 15.5 Å². The lowest BCUT2D eigenvalue weighted by atomic mass is 10.0. The number of unbranched alkanes of at least 4 members (excludes halogenated alkanes) is 60. The first-order valence-electron chi connectivity index (χ1n) is 38.9. The minimum absolute atomic E-state index is 0.0547. The van der Waals surface area contributed by atoms with Crippen LogP contribution in [0.15, 0.2) is 48.6 Å². The van der Waals surface area contributed by atoms with Gasteiger partial charge in [0.15, 0.2) is 0 Å². The molecule has 0 saturated carbocycles. The molecule has 3 N–H and O–H groups in total. The van der Waals surface area contributed by atoms with E-state index in [9.17, 15) is 15.0 Å². The van der Waals surface area contributed by atoms with Gasteiger partial charge in [0.25, 0.3) is 0 Å². The molecule has 0 fully saturated rings. The van der Waals surface area contributed by atoms with Gasteiger partial charge >= 0.3 is 0 Å². The van der Waals surface area contributed by atoms with Crippen LogP contribution in [-0.2, 0) is 4.79 Å². The number of hydrogen-bond donors (Lipinski definition) is 3. The van der Waals surface area contributed by atoms with Crippen LogP contribution in [0.2, 0.25) is 0 Å². The van der Waals surface area contributed by atoms with E-state index in [1.807, 2.05) is 6.08 Å². The maximum atomic E-state index is 12.6. The first-order chi connectivity index (χ1) is 41.7. The van der Waals surface area contributed by atoms with Gasteiger partial charge in [-0.1, -0.05) is 422 Å². The van der Waals surface area contributed by atoms with Gasteiger partial charge in [-0.15, -0.1) is 0 Å². The molecule has 0 aromatic rings. The van der Waals surface area contributed by atoms with Crippen molar-refractivity contribution in [3.8, 4) is 0 Å². The first kappa shape index (κ1) is 82.3. The van der Waals surface area contributed by atoms with Crippen molar-refractivity contribution in [1.29, 1.82) is 0 Å². The number of rotatable bonds is 73. The van der Waals surface area contributed by atoms with Crippen LogP contribution >= 0.6 is 0 Å². The molecular weight excluding hydrogens is 1020 g/mol. The molecule has 0 aromatic heterocycles. The monoisotopic (exact) mass is 1180 g/mol. The lowest BCUT2D eigenvalue weighted by Crippen LogP contribution is -2.45.